The average molecular weight is 322 g/mol. The molecule has 0 unspecified atom stereocenters. The highest BCUT2D eigenvalue weighted by Crippen LogP contribution is 2.22. The van der Waals surface area contributed by atoms with Crippen LogP contribution >= 0.6 is 0 Å². The Morgan fingerprint density at radius 3 is 2.39 bits per heavy atom. The van der Waals surface area contributed by atoms with Gasteiger partial charge in [0.2, 0.25) is 0 Å². The Morgan fingerprint density at radius 2 is 1.87 bits per heavy atom. The van der Waals surface area contributed by atoms with E-state index in [9.17, 15) is 9.59 Å². The zero-order chi connectivity index (χ0) is 17.3. The lowest BCUT2D eigenvalue weighted by atomic mass is 9.97. The molecule has 0 aliphatic carbocycles. The van der Waals surface area contributed by atoms with Crippen LogP contribution in [0.25, 0.3) is 0 Å². The molecule has 3 N–H and O–H groups in total. The third kappa shape index (κ3) is 6.28. The molecule has 1 aromatic rings. The molecule has 0 saturated carbocycles. The molecule has 1 rings (SSSR count). The highest BCUT2D eigenvalue weighted by molar-refractivity contribution is 5.97. The highest BCUT2D eigenvalue weighted by atomic mass is 16.5. The standard InChI is InChI=1S/C17H26N2O4/c1-4-5-6-11-17(2,22-3)16(21)19-13-7-9-14(10-8-13)23-12-15(18)20/h7-10H,4-6,11-12H2,1-3H3,(H2,18,20)(H,19,21)/t17-/m0/s1. The molecule has 0 heterocycles. The van der Waals surface area contributed by atoms with E-state index in [1.165, 1.54) is 0 Å². The Hall–Kier alpha value is -2.08. The molecule has 0 spiro atoms. The Bertz CT molecular complexity index is 516. The summed E-state index contributed by atoms with van der Waals surface area (Å²) in [5, 5.41) is 2.84. The van der Waals surface area contributed by atoms with Gasteiger partial charge in [0, 0.05) is 12.8 Å². The minimum atomic E-state index is -0.851. The van der Waals surface area contributed by atoms with Gasteiger partial charge in [0.05, 0.1) is 0 Å². The number of anilines is 1. The molecular formula is C17H26N2O4. The molecule has 0 aliphatic rings. The predicted octanol–water partition coefficient (Wildman–Crippen LogP) is 2.47. The number of ether oxygens (including phenoxy) is 2. The summed E-state index contributed by atoms with van der Waals surface area (Å²) in [4.78, 5) is 23.1. The van der Waals surface area contributed by atoms with Crippen LogP contribution in [0, 0.1) is 0 Å². The summed E-state index contributed by atoms with van der Waals surface area (Å²) in [5.74, 6) is -0.202. The van der Waals surface area contributed by atoms with Gasteiger partial charge in [-0.2, -0.15) is 0 Å². The summed E-state index contributed by atoms with van der Waals surface area (Å²) in [6, 6.07) is 6.74. The number of unbranched alkanes of at least 4 members (excludes halogenated alkanes) is 2. The summed E-state index contributed by atoms with van der Waals surface area (Å²) >= 11 is 0. The van der Waals surface area contributed by atoms with Crippen LogP contribution in [0.2, 0.25) is 0 Å². The van der Waals surface area contributed by atoms with Gasteiger partial charge in [0.25, 0.3) is 11.8 Å². The van der Waals surface area contributed by atoms with Gasteiger partial charge in [-0.15, -0.1) is 0 Å². The zero-order valence-corrected chi connectivity index (χ0v) is 14.1. The maximum atomic E-state index is 12.4. The normalized spacial score (nSPS) is 13.2. The van der Waals surface area contributed by atoms with Crippen molar-refractivity contribution in [2.45, 2.75) is 45.1 Å². The molecular weight excluding hydrogens is 296 g/mol. The number of nitrogens with two attached hydrogens (primary N) is 1. The predicted molar refractivity (Wildman–Crippen MR) is 89.3 cm³/mol. The van der Waals surface area contributed by atoms with Crippen molar-refractivity contribution in [3.8, 4) is 5.75 Å². The number of primary amides is 1. The molecule has 0 aliphatic heterocycles. The van der Waals surface area contributed by atoms with Gasteiger partial charge in [-0.1, -0.05) is 26.2 Å². The SMILES string of the molecule is CCCCC[C@](C)(OC)C(=O)Nc1ccc(OCC(N)=O)cc1. The van der Waals surface area contributed by atoms with Gasteiger partial charge in [-0.25, -0.2) is 0 Å². The number of methoxy groups -OCH3 is 1. The van der Waals surface area contributed by atoms with Crippen molar-refractivity contribution in [3.05, 3.63) is 24.3 Å². The van der Waals surface area contributed by atoms with E-state index in [-0.39, 0.29) is 12.5 Å². The summed E-state index contributed by atoms with van der Waals surface area (Å²) in [5.41, 5.74) is 4.80. The van der Waals surface area contributed by atoms with Crippen molar-refractivity contribution in [1.82, 2.24) is 0 Å². The number of nitrogens with one attached hydrogen (secondary N) is 1. The fraction of sp³-hybridized carbons (Fsp3) is 0.529. The van der Waals surface area contributed by atoms with E-state index in [0.29, 0.717) is 17.9 Å². The van der Waals surface area contributed by atoms with E-state index in [1.54, 1.807) is 38.3 Å². The van der Waals surface area contributed by atoms with Crippen LogP contribution in [0.15, 0.2) is 24.3 Å². The van der Waals surface area contributed by atoms with Gasteiger partial charge in [-0.05, 0) is 37.6 Å². The van der Waals surface area contributed by atoms with Crippen LogP contribution < -0.4 is 15.8 Å². The average Bonchev–Trinajstić information content (AvgIpc) is 2.54. The second-order valence-corrected chi connectivity index (χ2v) is 5.63. The van der Waals surface area contributed by atoms with Crippen LogP contribution in [0.4, 0.5) is 5.69 Å². The number of benzene rings is 1. The molecule has 128 valence electrons. The fourth-order valence-electron chi connectivity index (χ4n) is 2.07. The molecule has 0 aromatic heterocycles. The molecule has 1 atom stereocenters. The van der Waals surface area contributed by atoms with Crippen LogP contribution in [0.3, 0.4) is 0 Å². The molecule has 0 saturated heterocycles. The minimum Gasteiger partial charge on any atom is -0.484 e. The maximum absolute atomic E-state index is 12.4. The number of rotatable bonds is 10. The first-order chi connectivity index (χ1) is 10.9. The molecule has 6 nitrogen and oxygen atoms in total. The zero-order valence-electron chi connectivity index (χ0n) is 14.1. The summed E-state index contributed by atoms with van der Waals surface area (Å²) in [6.07, 6.45) is 3.77. The van der Waals surface area contributed by atoms with E-state index in [4.69, 9.17) is 15.2 Å². The number of amides is 2. The molecule has 1 aromatic carbocycles. The first kappa shape index (κ1) is 19.0. The lowest BCUT2D eigenvalue weighted by Gasteiger charge is -2.27. The number of hydrogen-bond donors (Lipinski definition) is 2. The number of hydrogen-bond acceptors (Lipinski definition) is 4. The summed E-state index contributed by atoms with van der Waals surface area (Å²) in [6.45, 7) is 3.74. The van der Waals surface area contributed by atoms with Gasteiger partial charge in [0.1, 0.15) is 11.4 Å². The molecule has 0 bridgehead atoms. The van der Waals surface area contributed by atoms with Crippen LogP contribution in [0.5, 0.6) is 5.75 Å². The lowest BCUT2D eigenvalue weighted by Crippen LogP contribution is -2.41. The second-order valence-electron chi connectivity index (χ2n) is 5.63. The van der Waals surface area contributed by atoms with Gasteiger partial charge >= 0.3 is 0 Å². The first-order valence-electron chi connectivity index (χ1n) is 7.79. The van der Waals surface area contributed by atoms with Crippen molar-refractivity contribution in [1.29, 1.82) is 0 Å². The Labute approximate surface area is 137 Å². The number of carbonyl (C=O) groups is 2. The van der Waals surface area contributed by atoms with E-state index >= 15 is 0 Å². The van der Waals surface area contributed by atoms with Crippen molar-refractivity contribution >= 4 is 17.5 Å². The maximum Gasteiger partial charge on any atom is 0.256 e. The Kier molecular flexibility index (Phi) is 7.54. The van der Waals surface area contributed by atoms with E-state index in [2.05, 4.69) is 12.2 Å². The first-order valence-corrected chi connectivity index (χ1v) is 7.79. The molecule has 23 heavy (non-hydrogen) atoms. The highest BCUT2D eigenvalue weighted by Gasteiger charge is 2.32. The monoisotopic (exact) mass is 322 g/mol. The minimum absolute atomic E-state index is 0.176. The van der Waals surface area contributed by atoms with Crippen LogP contribution in [0.1, 0.15) is 39.5 Å². The van der Waals surface area contributed by atoms with E-state index < -0.39 is 11.5 Å². The largest absolute Gasteiger partial charge is 0.484 e. The van der Waals surface area contributed by atoms with Crippen molar-refractivity contribution in [3.63, 3.8) is 0 Å². The van der Waals surface area contributed by atoms with Gasteiger partial charge in [-0.3, -0.25) is 9.59 Å². The Morgan fingerprint density at radius 1 is 1.22 bits per heavy atom. The molecule has 2 amide bonds. The third-order valence-corrected chi connectivity index (χ3v) is 3.68. The van der Waals surface area contributed by atoms with Crippen molar-refractivity contribution in [2.24, 2.45) is 5.73 Å². The van der Waals surface area contributed by atoms with Gasteiger partial charge < -0.3 is 20.5 Å². The smallest absolute Gasteiger partial charge is 0.256 e. The summed E-state index contributed by atoms with van der Waals surface area (Å²) < 4.78 is 10.6. The quantitative estimate of drug-likeness (QED) is 0.647. The van der Waals surface area contributed by atoms with E-state index in [1.807, 2.05) is 0 Å². The van der Waals surface area contributed by atoms with Crippen LogP contribution in [-0.2, 0) is 14.3 Å². The number of carbonyl (C=O) groups excluding carboxylic acids is 2. The summed E-state index contributed by atoms with van der Waals surface area (Å²) in [7, 11) is 1.55. The fourth-order valence-corrected chi connectivity index (χ4v) is 2.07. The lowest BCUT2D eigenvalue weighted by molar-refractivity contribution is -0.136. The third-order valence-electron chi connectivity index (χ3n) is 3.68. The second kappa shape index (κ2) is 9.15. The molecule has 0 fully saturated rings. The van der Waals surface area contributed by atoms with Crippen molar-refractivity contribution in [2.75, 3.05) is 19.0 Å². The molecule has 6 heteroatoms. The molecule has 0 radical (unpaired) electrons. The van der Waals surface area contributed by atoms with E-state index in [0.717, 1.165) is 19.3 Å². The van der Waals surface area contributed by atoms with Crippen LogP contribution in [-0.4, -0.2) is 31.1 Å². The Balaban J connectivity index is 2.62. The topological polar surface area (TPSA) is 90.7 Å². The van der Waals surface area contributed by atoms with Gasteiger partial charge in [0.15, 0.2) is 6.61 Å². The van der Waals surface area contributed by atoms with Crippen molar-refractivity contribution < 1.29 is 19.1 Å².